The van der Waals surface area contributed by atoms with Crippen molar-refractivity contribution in [2.24, 2.45) is 0 Å². The molecule has 2 heterocycles. The molecule has 5 nitrogen and oxygen atoms in total. The van der Waals surface area contributed by atoms with E-state index in [1.807, 2.05) is 4.90 Å². The second kappa shape index (κ2) is 5.14. The van der Waals surface area contributed by atoms with E-state index in [0.717, 1.165) is 19.6 Å². The lowest BCUT2D eigenvalue weighted by Crippen LogP contribution is -2.51. The second-order valence-electron chi connectivity index (χ2n) is 4.17. The van der Waals surface area contributed by atoms with E-state index < -0.39 is 0 Å². The summed E-state index contributed by atoms with van der Waals surface area (Å²) in [4.78, 5) is 18.2. The molecule has 17 heavy (non-hydrogen) atoms. The molecule has 1 aliphatic rings. The minimum atomic E-state index is -0.0108. The summed E-state index contributed by atoms with van der Waals surface area (Å²) in [5, 5.41) is 3.31. The Morgan fingerprint density at radius 3 is 3.18 bits per heavy atom. The molecule has 0 aromatic carbocycles. The fourth-order valence-electron chi connectivity index (χ4n) is 2.00. The predicted octanol–water partition coefficient (Wildman–Crippen LogP) is 0.524. The smallest absolute Gasteiger partial charge is 0.259 e. The fraction of sp³-hybridized carbons (Fsp3) is 0.500. The standard InChI is InChI=1S/C12H17N3O2/c1-9-8-15(7-6-13-9)12(16)10-4-3-5-14-11(10)17-2/h3-5,9,13H,6-8H2,1-2H3/t9-/m1/s1. The molecule has 0 saturated carbocycles. The van der Waals surface area contributed by atoms with E-state index in [9.17, 15) is 4.79 Å². The van der Waals surface area contributed by atoms with Gasteiger partial charge in [-0.2, -0.15) is 0 Å². The van der Waals surface area contributed by atoms with Crippen molar-refractivity contribution in [3.05, 3.63) is 23.9 Å². The molecule has 1 aliphatic heterocycles. The van der Waals surface area contributed by atoms with Crippen molar-refractivity contribution in [2.75, 3.05) is 26.7 Å². The minimum Gasteiger partial charge on any atom is -0.480 e. The van der Waals surface area contributed by atoms with Crippen molar-refractivity contribution < 1.29 is 9.53 Å². The number of carbonyl (C=O) groups excluding carboxylic acids is 1. The van der Waals surface area contributed by atoms with Crippen LogP contribution in [0.5, 0.6) is 5.88 Å². The van der Waals surface area contributed by atoms with Crippen LogP contribution in [-0.2, 0) is 0 Å². The SMILES string of the molecule is COc1ncccc1C(=O)N1CCN[C@H](C)C1. The van der Waals surface area contributed by atoms with Crippen LogP contribution in [0.15, 0.2) is 18.3 Å². The summed E-state index contributed by atoms with van der Waals surface area (Å²) in [5.41, 5.74) is 0.532. The Kier molecular flexibility index (Phi) is 3.58. The zero-order valence-corrected chi connectivity index (χ0v) is 10.1. The molecule has 0 spiro atoms. The average Bonchev–Trinajstić information content (AvgIpc) is 2.38. The molecule has 0 bridgehead atoms. The topological polar surface area (TPSA) is 54.5 Å². The van der Waals surface area contributed by atoms with Gasteiger partial charge in [0.1, 0.15) is 5.56 Å². The summed E-state index contributed by atoms with van der Waals surface area (Å²) in [7, 11) is 1.53. The summed E-state index contributed by atoms with van der Waals surface area (Å²) >= 11 is 0. The lowest BCUT2D eigenvalue weighted by molar-refractivity contribution is 0.0705. The predicted molar refractivity (Wildman–Crippen MR) is 64.2 cm³/mol. The molecular formula is C12H17N3O2. The third kappa shape index (κ3) is 2.55. The highest BCUT2D eigenvalue weighted by Gasteiger charge is 2.24. The molecule has 5 heteroatoms. The lowest BCUT2D eigenvalue weighted by atomic mass is 10.2. The lowest BCUT2D eigenvalue weighted by Gasteiger charge is -2.32. The van der Waals surface area contributed by atoms with Gasteiger partial charge in [0.25, 0.3) is 5.91 Å². The minimum absolute atomic E-state index is 0.0108. The van der Waals surface area contributed by atoms with Crippen molar-refractivity contribution in [3.8, 4) is 5.88 Å². The monoisotopic (exact) mass is 235 g/mol. The Labute approximate surface area is 101 Å². The molecule has 1 saturated heterocycles. The number of piperazine rings is 1. The van der Waals surface area contributed by atoms with Gasteiger partial charge >= 0.3 is 0 Å². The second-order valence-corrected chi connectivity index (χ2v) is 4.17. The van der Waals surface area contributed by atoms with E-state index in [-0.39, 0.29) is 5.91 Å². The summed E-state index contributed by atoms with van der Waals surface area (Å²) in [6.07, 6.45) is 1.62. The van der Waals surface area contributed by atoms with Crippen molar-refractivity contribution in [1.82, 2.24) is 15.2 Å². The number of hydrogen-bond acceptors (Lipinski definition) is 4. The number of carbonyl (C=O) groups is 1. The van der Waals surface area contributed by atoms with Gasteiger partial charge in [0, 0.05) is 31.9 Å². The van der Waals surface area contributed by atoms with Gasteiger partial charge in [-0.3, -0.25) is 4.79 Å². The fourth-order valence-corrected chi connectivity index (χ4v) is 2.00. The normalized spacial score (nSPS) is 20.1. The maximum absolute atomic E-state index is 12.3. The van der Waals surface area contributed by atoms with Gasteiger partial charge in [-0.05, 0) is 19.1 Å². The third-order valence-electron chi connectivity index (χ3n) is 2.85. The third-order valence-corrected chi connectivity index (χ3v) is 2.85. The molecule has 1 fully saturated rings. The quantitative estimate of drug-likeness (QED) is 0.812. The Morgan fingerprint density at radius 1 is 1.65 bits per heavy atom. The van der Waals surface area contributed by atoms with Crippen LogP contribution in [0.4, 0.5) is 0 Å². The molecule has 1 N–H and O–H groups in total. The first kappa shape index (κ1) is 11.9. The Balaban J connectivity index is 2.18. The molecule has 2 rings (SSSR count). The summed E-state index contributed by atoms with van der Waals surface area (Å²) in [6, 6.07) is 3.83. The van der Waals surface area contributed by atoms with Gasteiger partial charge in [0.2, 0.25) is 5.88 Å². The molecule has 1 amide bonds. The van der Waals surface area contributed by atoms with Gasteiger partial charge < -0.3 is 15.0 Å². The molecule has 0 unspecified atom stereocenters. The first-order valence-electron chi connectivity index (χ1n) is 5.74. The highest BCUT2D eigenvalue weighted by Crippen LogP contribution is 2.16. The first-order chi connectivity index (χ1) is 8.22. The van der Waals surface area contributed by atoms with Crippen LogP contribution in [0, 0.1) is 0 Å². The summed E-state index contributed by atoms with van der Waals surface area (Å²) < 4.78 is 5.11. The number of methoxy groups -OCH3 is 1. The largest absolute Gasteiger partial charge is 0.480 e. The van der Waals surface area contributed by atoms with Gasteiger partial charge in [-0.1, -0.05) is 0 Å². The Bertz CT molecular complexity index is 408. The zero-order valence-electron chi connectivity index (χ0n) is 10.1. The van der Waals surface area contributed by atoms with Crippen LogP contribution in [-0.4, -0.2) is 48.6 Å². The van der Waals surface area contributed by atoms with Crippen LogP contribution < -0.4 is 10.1 Å². The first-order valence-corrected chi connectivity index (χ1v) is 5.74. The maximum atomic E-state index is 12.3. The molecule has 1 aromatic rings. The Morgan fingerprint density at radius 2 is 2.47 bits per heavy atom. The molecule has 0 aliphatic carbocycles. The number of rotatable bonds is 2. The van der Waals surface area contributed by atoms with Crippen molar-refractivity contribution in [2.45, 2.75) is 13.0 Å². The van der Waals surface area contributed by atoms with E-state index in [2.05, 4.69) is 17.2 Å². The van der Waals surface area contributed by atoms with Crippen molar-refractivity contribution in [1.29, 1.82) is 0 Å². The van der Waals surface area contributed by atoms with Gasteiger partial charge in [-0.15, -0.1) is 0 Å². The highest BCUT2D eigenvalue weighted by molar-refractivity contribution is 5.96. The van der Waals surface area contributed by atoms with Gasteiger partial charge in [0.15, 0.2) is 0 Å². The molecule has 1 aromatic heterocycles. The summed E-state index contributed by atoms with van der Waals surface area (Å²) in [5.74, 6) is 0.381. The number of hydrogen-bond donors (Lipinski definition) is 1. The highest BCUT2D eigenvalue weighted by atomic mass is 16.5. The van der Waals surface area contributed by atoms with Gasteiger partial charge in [0.05, 0.1) is 7.11 Å². The number of nitrogens with zero attached hydrogens (tertiary/aromatic N) is 2. The van der Waals surface area contributed by atoms with Crippen LogP contribution >= 0.6 is 0 Å². The van der Waals surface area contributed by atoms with Crippen molar-refractivity contribution in [3.63, 3.8) is 0 Å². The molecule has 92 valence electrons. The Hall–Kier alpha value is -1.62. The van der Waals surface area contributed by atoms with Crippen LogP contribution in [0.1, 0.15) is 17.3 Å². The van der Waals surface area contributed by atoms with Crippen LogP contribution in [0.25, 0.3) is 0 Å². The van der Waals surface area contributed by atoms with Crippen LogP contribution in [0.3, 0.4) is 0 Å². The molecule has 0 radical (unpaired) electrons. The number of aromatic nitrogens is 1. The van der Waals surface area contributed by atoms with E-state index in [1.54, 1.807) is 18.3 Å². The number of nitrogens with one attached hydrogen (secondary N) is 1. The molecule has 1 atom stereocenters. The number of pyridine rings is 1. The van der Waals surface area contributed by atoms with Crippen LogP contribution in [0.2, 0.25) is 0 Å². The van der Waals surface area contributed by atoms with Gasteiger partial charge in [-0.25, -0.2) is 4.98 Å². The zero-order chi connectivity index (χ0) is 12.3. The average molecular weight is 235 g/mol. The van der Waals surface area contributed by atoms with Crippen molar-refractivity contribution >= 4 is 5.91 Å². The molecular weight excluding hydrogens is 218 g/mol. The number of ether oxygens (including phenoxy) is 1. The maximum Gasteiger partial charge on any atom is 0.259 e. The van der Waals surface area contributed by atoms with E-state index in [4.69, 9.17) is 4.74 Å². The van der Waals surface area contributed by atoms with E-state index in [0.29, 0.717) is 17.5 Å². The van der Waals surface area contributed by atoms with E-state index >= 15 is 0 Å². The summed E-state index contributed by atoms with van der Waals surface area (Å²) in [6.45, 7) is 4.34. The number of amides is 1. The van der Waals surface area contributed by atoms with E-state index in [1.165, 1.54) is 7.11 Å².